The number of hydrogen-bond donors (Lipinski definition) is 1. The van der Waals surface area contributed by atoms with Crippen LogP contribution in [0.3, 0.4) is 0 Å². The normalized spacial score (nSPS) is 11.5. The first kappa shape index (κ1) is 19.1. The average molecular weight is 364 g/mol. The van der Waals surface area contributed by atoms with Crippen molar-refractivity contribution in [1.29, 1.82) is 0 Å². The Bertz CT molecular complexity index is 793. The lowest BCUT2D eigenvalue weighted by Crippen LogP contribution is -2.34. The molecule has 134 valence electrons. The van der Waals surface area contributed by atoms with Gasteiger partial charge in [0.1, 0.15) is 5.82 Å². The molecule has 25 heavy (non-hydrogen) atoms. The number of benzene rings is 2. The second kappa shape index (κ2) is 8.73. The summed E-state index contributed by atoms with van der Waals surface area (Å²) in [6, 6.07) is 15.0. The first-order valence-corrected chi connectivity index (χ1v) is 9.74. The van der Waals surface area contributed by atoms with Crippen LogP contribution < -0.4 is 5.32 Å². The summed E-state index contributed by atoms with van der Waals surface area (Å²) in [7, 11) is -3.41. The third-order valence-corrected chi connectivity index (χ3v) is 4.98. The van der Waals surface area contributed by atoms with Crippen molar-refractivity contribution in [2.45, 2.75) is 12.8 Å². The monoisotopic (exact) mass is 364 g/mol. The van der Waals surface area contributed by atoms with E-state index in [4.69, 9.17) is 0 Å². The van der Waals surface area contributed by atoms with Gasteiger partial charge >= 0.3 is 0 Å². The SMILES string of the molecule is CS(=O)(=O)N(CCC(=O)Nc1ccc(F)cc1)CCc1ccccc1. The molecule has 0 unspecified atom stereocenters. The van der Waals surface area contributed by atoms with Crippen LogP contribution in [-0.2, 0) is 21.2 Å². The summed E-state index contributed by atoms with van der Waals surface area (Å²) in [6.45, 7) is 0.408. The quantitative estimate of drug-likeness (QED) is 0.783. The fourth-order valence-electron chi connectivity index (χ4n) is 2.32. The van der Waals surface area contributed by atoms with E-state index in [9.17, 15) is 17.6 Å². The number of halogens is 1. The summed E-state index contributed by atoms with van der Waals surface area (Å²) < 4.78 is 38.0. The first-order valence-electron chi connectivity index (χ1n) is 7.89. The van der Waals surface area contributed by atoms with Gasteiger partial charge in [0, 0.05) is 25.2 Å². The minimum absolute atomic E-state index is 0.0270. The number of anilines is 1. The topological polar surface area (TPSA) is 66.5 Å². The maximum absolute atomic E-state index is 12.8. The lowest BCUT2D eigenvalue weighted by Gasteiger charge is -2.19. The molecule has 7 heteroatoms. The van der Waals surface area contributed by atoms with Crippen LogP contribution in [0.2, 0.25) is 0 Å². The molecule has 2 aromatic rings. The molecular weight excluding hydrogens is 343 g/mol. The van der Waals surface area contributed by atoms with Gasteiger partial charge < -0.3 is 5.32 Å². The van der Waals surface area contributed by atoms with E-state index in [0.717, 1.165) is 11.8 Å². The van der Waals surface area contributed by atoms with Crippen LogP contribution in [-0.4, -0.2) is 38.0 Å². The zero-order chi connectivity index (χ0) is 18.3. The Hall–Kier alpha value is -2.25. The molecule has 2 aromatic carbocycles. The van der Waals surface area contributed by atoms with E-state index < -0.39 is 10.0 Å². The van der Waals surface area contributed by atoms with Crippen molar-refractivity contribution in [2.75, 3.05) is 24.7 Å². The third-order valence-electron chi connectivity index (χ3n) is 3.68. The van der Waals surface area contributed by atoms with E-state index >= 15 is 0 Å². The number of sulfonamides is 1. The van der Waals surface area contributed by atoms with E-state index in [1.54, 1.807) is 0 Å². The highest BCUT2D eigenvalue weighted by Crippen LogP contribution is 2.10. The van der Waals surface area contributed by atoms with Gasteiger partial charge in [0.05, 0.1) is 6.26 Å². The van der Waals surface area contributed by atoms with Gasteiger partial charge in [-0.3, -0.25) is 4.79 Å². The molecule has 0 aliphatic carbocycles. The highest BCUT2D eigenvalue weighted by molar-refractivity contribution is 7.88. The summed E-state index contributed by atoms with van der Waals surface area (Å²) in [6.07, 6.45) is 1.74. The number of carbonyl (C=O) groups is 1. The van der Waals surface area contributed by atoms with Crippen molar-refractivity contribution in [2.24, 2.45) is 0 Å². The van der Waals surface area contributed by atoms with Gasteiger partial charge in [0.25, 0.3) is 0 Å². The Morgan fingerprint density at radius 3 is 2.28 bits per heavy atom. The molecule has 0 aliphatic rings. The van der Waals surface area contributed by atoms with E-state index in [0.29, 0.717) is 18.7 Å². The molecule has 0 radical (unpaired) electrons. The largest absolute Gasteiger partial charge is 0.326 e. The van der Waals surface area contributed by atoms with Crippen LogP contribution in [0.5, 0.6) is 0 Å². The number of hydrogen-bond acceptors (Lipinski definition) is 3. The smallest absolute Gasteiger partial charge is 0.225 e. The Labute approximate surface area is 147 Å². The third kappa shape index (κ3) is 6.64. The predicted octanol–water partition coefficient (Wildman–Crippen LogP) is 2.66. The van der Waals surface area contributed by atoms with Crippen LogP contribution in [0.1, 0.15) is 12.0 Å². The minimum atomic E-state index is -3.41. The van der Waals surface area contributed by atoms with Crippen molar-refractivity contribution < 1.29 is 17.6 Å². The number of amides is 1. The first-order chi connectivity index (χ1) is 11.8. The fourth-order valence-corrected chi connectivity index (χ4v) is 3.17. The molecule has 0 atom stereocenters. The van der Waals surface area contributed by atoms with Crippen molar-refractivity contribution in [3.63, 3.8) is 0 Å². The van der Waals surface area contributed by atoms with Crippen LogP contribution in [0, 0.1) is 5.82 Å². The maximum atomic E-state index is 12.8. The Kier molecular flexibility index (Phi) is 6.66. The van der Waals surface area contributed by atoms with Gasteiger partial charge in [-0.15, -0.1) is 0 Å². The molecule has 2 rings (SSSR count). The highest BCUT2D eigenvalue weighted by atomic mass is 32.2. The van der Waals surface area contributed by atoms with Gasteiger partial charge in [-0.25, -0.2) is 17.1 Å². The maximum Gasteiger partial charge on any atom is 0.225 e. The molecule has 1 amide bonds. The second-order valence-electron chi connectivity index (χ2n) is 5.70. The molecule has 0 spiro atoms. The lowest BCUT2D eigenvalue weighted by molar-refractivity contribution is -0.116. The van der Waals surface area contributed by atoms with Gasteiger partial charge in [-0.2, -0.15) is 0 Å². The Balaban J connectivity index is 1.89. The van der Waals surface area contributed by atoms with Crippen molar-refractivity contribution >= 4 is 21.6 Å². The summed E-state index contributed by atoms with van der Waals surface area (Å²) >= 11 is 0. The summed E-state index contributed by atoms with van der Waals surface area (Å²) in [5.74, 6) is -0.706. The van der Waals surface area contributed by atoms with Crippen molar-refractivity contribution in [3.8, 4) is 0 Å². The van der Waals surface area contributed by atoms with Gasteiger partial charge in [0.2, 0.25) is 15.9 Å². The molecule has 5 nitrogen and oxygen atoms in total. The highest BCUT2D eigenvalue weighted by Gasteiger charge is 2.17. The lowest BCUT2D eigenvalue weighted by atomic mass is 10.1. The number of carbonyl (C=O) groups excluding carboxylic acids is 1. The molecule has 0 saturated heterocycles. The molecule has 0 aromatic heterocycles. The van der Waals surface area contributed by atoms with Crippen LogP contribution in [0.15, 0.2) is 54.6 Å². The molecule has 0 heterocycles. The van der Waals surface area contributed by atoms with Gasteiger partial charge in [-0.05, 0) is 36.2 Å². The zero-order valence-corrected chi connectivity index (χ0v) is 14.8. The van der Waals surface area contributed by atoms with Crippen LogP contribution in [0.25, 0.3) is 0 Å². The minimum Gasteiger partial charge on any atom is -0.326 e. The molecular formula is C18H21FN2O3S. The van der Waals surface area contributed by atoms with Gasteiger partial charge in [-0.1, -0.05) is 30.3 Å². The number of rotatable bonds is 8. The predicted molar refractivity (Wildman–Crippen MR) is 96.2 cm³/mol. The molecule has 0 saturated carbocycles. The summed E-state index contributed by atoms with van der Waals surface area (Å²) in [4.78, 5) is 12.0. The van der Waals surface area contributed by atoms with E-state index in [1.807, 2.05) is 30.3 Å². The van der Waals surface area contributed by atoms with E-state index in [-0.39, 0.29) is 24.7 Å². The van der Waals surface area contributed by atoms with Crippen molar-refractivity contribution in [1.82, 2.24) is 4.31 Å². The number of nitrogens with zero attached hydrogens (tertiary/aromatic N) is 1. The van der Waals surface area contributed by atoms with E-state index in [2.05, 4.69) is 5.32 Å². The number of nitrogens with one attached hydrogen (secondary N) is 1. The molecule has 0 aliphatic heterocycles. The van der Waals surface area contributed by atoms with Crippen molar-refractivity contribution in [3.05, 3.63) is 66.0 Å². The Morgan fingerprint density at radius 2 is 1.68 bits per heavy atom. The van der Waals surface area contributed by atoms with Crippen LogP contribution >= 0.6 is 0 Å². The Morgan fingerprint density at radius 1 is 1.04 bits per heavy atom. The molecule has 1 N–H and O–H groups in total. The van der Waals surface area contributed by atoms with Gasteiger partial charge in [0.15, 0.2) is 0 Å². The summed E-state index contributed by atoms with van der Waals surface area (Å²) in [5.41, 5.74) is 1.51. The molecule has 0 fully saturated rings. The zero-order valence-electron chi connectivity index (χ0n) is 14.0. The fraction of sp³-hybridized carbons (Fsp3) is 0.278. The summed E-state index contributed by atoms with van der Waals surface area (Å²) in [5, 5.41) is 2.62. The van der Waals surface area contributed by atoms with E-state index in [1.165, 1.54) is 28.6 Å². The van der Waals surface area contributed by atoms with Crippen LogP contribution in [0.4, 0.5) is 10.1 Å². The standard InChI is InChI=1S/C18H21FN2O3S/c1-25(23,24)21(13-11-15-5-3-2-4-6-15)14-12-18(22)20-17-9-7-16(19)8-10-17/h2-10H,11-14H2,1H3,(H,20,22). The average Bonchev–Trinajstić information content (AvgIpc) is 2.56. The molecule has 0 bridgehead atoms. The second-order valence-corrected chi connectivity index (χ2v) is 7.69.